The first-order valence-electron chi connectivity index (χ1n) is 21.0. The van der Waals surface area contributed by atoms with Crippen LogP contribution in [-0.2, 0) is 10.8 Å². The summed E-state index contributed by atoms with van der Waals surface area (Å²) in [5, 5.41) is 0. The van der Waals surface area contributed by atoms with Crippen LogP contribution in [0.5, 0.6) is 0 Å². The quantitative estimate of drug-likeness (QED) is 0.167. The van der Waals surface area contributed by atoms with Gasteiger partial charge in [-0.25, -0.2) is 0 Å². The molecule has 0 radical (unpaired) electrons. The van der Waals surface area contributed by atoms with Crippen molar-refractivity contribution in [3.63, 3.8) is 0 Å². The van der Waals surface area contributed by atoms with Gasteiger partial charge in [0, 0.05) is 36.6 Å². The molecule has 2 spiro atoms. The second-order valence-electron chi connectivity index (χ2n) is 16.3. The molecule has 0 fully saturated rings. The Bertz CT molecular complexity index is 3050. The van der Waals surface area contributed by atoms with Gasteiger partial charge in [-0.3, -0.25) is 0 Å². The fourth-order valence-corrected chi connectivity index (χ4v) is 13.9. The SMILES string of the molecule is c1ccc(-c2cc3c(s2)C2(c4ccccc4-c4ccccc42)c2cc(-c4cccc(N(c5ccccc5)c5ccccc5)c4)sc2C32c3ccccc3-c3ccccc32)cc1. The molecular weight excluding hydrogens is 775 g/mol. The molecule has 0 amide bonds. The van der Waals surface area contributed by atoms with Gasteiger partial charge in [-0.05, 0) is 115 Å². The highest BCUT2D eigenvalue weighted by molar-refractivity contribution is 7.17. The maximum absolute atomic E-state index is 2.59. The van der Waals surface area contributed by atoms with Crippen molar-refractivity contribution < 1.29 is 0 Å². The lowest BCUT2D eigenvalue weighted by molar-refractivity contribution is 0.662. The van der Waals surface area contributed by atoms with Crippen molar-refractivity contribution >= 4 is 39.7 Å². The Morgan fingerprint density at radius 1 is 0.279 bits per heavy atom. The van der Waals surface area contributed by atoms with Gasteiger partial charge in [-0.2, -0.15) is 0 Å². The molecule has 0 unspecified atom stereocenters. The molecule has 286 valence electrons. The first kappa shape index (κ1) is 34.8. The molecule has 0 bridgehead atoms. The lowest BCUT2D eigenvalue weighted by Gasteiger charge is -2.45. The Morgan fingerprint density at radius 3 is 1.07 bits per heavy atom. The van der Waals surface area contributed by atoms with Gasteiger partial charge in [0.2, 0.25) is 0 Å². The summed E-state index contributed by atoms with van der Waals surface area (Å²) in [6.07, 6.45) is 0. The smallest absolute Gasteiger partial charge is 0.0821 e. The van der Waals surface area contributed by atoms with Crippen LogP contribution < -0.4 is 4.90 Å². The maximum Gasteiger partial charge on any atom is 0.0821 e. The van der Waals surface area contributed by atoms with Crippen molar-refractivity contribution in [2.75, 3.05) is 4.90 Å². The zero-order valence-corrected chi connectivity index (χ0v) is 34.8. The van der Waals surface area contributed by atoms with E-state index < -0.39 is 10.8 Å². The maximum atomic E-state index is 2.59. The number of rotatable bonds is 5. The third kappa shape index (κ3) is 4.71. The summed E-state index contributed by atoms with van der Waals surface area (Å²) in [6, 6.07) is 83.7. The minimum absolute atomic E-state index is 0.514. The van der Waals surface area contributed by atoms with Gasteiger partial charge in [0.15, 0.2) is 0 Å². The highest BCUT2D eigenvalue weighted by Gasteiger charge is 2.61. The number of hydrogen-bond donors (Lipinski definition) is 0. The lowest BCUT2D eigenvalue weighted by Crippen LogP contribution is -2.41. The van der Waals surface area contributed by atoms with E-state index in [0.29, 0.717) is 0 Å². The molecule has 13 rings (SSSR count). The summed E-state index contributed by atoms with van der Waals surface area (Å²) >= 11 is 3.98. The molecule has 1 nitrogen and oxygen atoms in total. The first-order chi connectivity index (χ1) is 30.3. The molecule has 0 aliphatic heterocycles. The minimum Gasteiger partial charge on any atom is -0.310 e. The number of para-hydroxylation sites is 2. The number of thiophene rings is 2. The van der Waals surface area contributed by atoms with Crippen LogP contribution >= 0.6 is 22.7 Å². The van der Waals surface area contributed by atoms with E-state index in [4.69, 9.17) is 0 Å². The molecule has 3 heteroatoms. The molecular formula is C58H37NS2. The molecule has 61 heavy (non-hydrogen) atoms. The van der Waals surface area contributed by atoms with Crippen LogP contribution in [0.2, 0.25) is 0 Å². The summed E-state index contributed by atoms with van der Waals surface area (Å²) in [6.45, 7) is 0. The predicted molar refractivity (Wildman–Crippen MR) is 256 cm³/mol. The van der Waals surface area contributed by atoms with Crippen molar-refractivity contribution in [1.82, 2.24) is 0 Å². The summed E-state index contributed by atoms with van der Waals surface area (Å²) in [7, 11) is 0. The van der Waals surface area contributed by atoms with E-state index in [1.807, 2.05) is 22.7 Å². The van der Waals surface area contributed by atoms with Crippen LogP contribution in [-0.4, -0.2) is 0 Å². The molecule has 2 aromatic heterocycles. The fraction of sp³-hybridized carbons (Fsp3) is 0.0345. The number of fused-ring (bicyclic) bond motifs is 16. The lowest BCUT2D eigenvalue weighted by atomic mass is 9.58. The Kier molecular flexibility index (Phi) is 7.54. The number of benzene rings is 8. The average Bonchev–Trinajstić information content (AvgIpc) is 4.11. The summed E-state index contributed by atoms with van der Waals surface area (Å²) in [5.74, 6) is 0. The Labute approximate surface area is 364 Å². The number of anilines is 3. The van der Waals surface area contributed by atoms with Crippen molar-refractivity contribution in [2.45, 2.75) is 10.8 Å². The Balaban J connectivity index is 1.15. The monoisotopic (exact) mass is 811 g/mol. The largest absolute Gasteiger partial charge is 0.310 e. The zero-order chi connectivity index (χ0) is 40.1. The van der Waals surface area contributed by atoms with Crippen LogP contribution in [0.4, 0.5) is 17.1 Å². The summed E-state index contributed by atoms with van der Waals surface area (Å²) < 4.78 is 0. The van der Waals surface area contributed by atoms with E-state index in [0.717, 1.165) is 17.1 Å². The molecule has 8 aromatic carbocycles. The van der Waals surface area contributed by atoms with Gasteiger partial charge >= 0.3 is 0 Å². The topological polar surface area (TPSA) is 3.24 Å². The van der Waals surface area contributed by atoms with Gasteiger partial charge in [0.05, 0.1) is 10.8 Å². The van der Waals surface area contributed by atoms with E-state index in [9.17, 15) is 0 Å². The zero-order valence-electron chi connectivity index (χ0n) is 33.1. The van der Waals surface area contributed by atoms with E-state index >= 15 is 0 Å². The molecule has 3 aliphatic rings. The molecule has 0 atom stereocenters. The molecule has 3 aliphatic carbocycles. The third-order valence-electron chi connectivity index (χ3n) is 13.3. The second kappa shape index (κ2) is 13.2. The van der Waals surface area contributed by atoms with Crippen molar-refractivity contribution in [1.29, 1.82) is 0 Å². The van der Waals surface area contributed by atoms with Crippen molar-refractivity contribution in [3.05, 3.63) is 268 Å². The summed E-state index contributed by atoms with van der Waals surface area (Å²) in [5.41, 5.74) is 18.4. The van der Waals surface area contributed by atoms with E-state index in [1.165, 1.54) is 86.3 Å². The van der Waals surface area contributed by atoms with Crippen LogP contribution in [0.15, 0.2) is 224 Å². The fourth-order valence-electron chi connectivity index (χ4n) is 11.0. The Hall–Kier alpha value is -7.04. The third-order valence-corrected chi connectivity index (χ3v) is 15.9. The van der Waals surface area contributed by atoms with Crippen LogP contribution in [0.25, 0.3) is 43.1 Å². The summed E-state index contributed by atoms with van der Waals surface area (Å²) in [4.78, 5) is 7.77. The normalized spacial score (nSPS) is 14.2. The van der Waals surface area contributed by atoms with Gasteiger partial charge in [0.1, 0.15) is 0 Å². The standard InChI is InChI=1S/C58H37NS2/c1-4-19-38(20-5-1)53-36-51-55(60-53)58(49-33-16-12-29-45(49)46-30-13-17-34-50(46)58)52-37-54(61-56(52)57(51)47-31-14-10-27-43(47)44-28-11-15-32-48(44)57)39-21-18-26-42(35-39)59(40-22-6-2-7-23-40)41-24-8-3-9-25-41/h1-37H. The van der Waals surface area contributed by atoms with Crippen LogP contribution in [0.1, 0.15) is 43.1 Å². The van der Waals surface area contributed by atoms with Crippen molar-refractivity contribution in [2.24, 2.45) is 0 Å². The molecule has 2 heterocycles. The minimum atomic E-state index is -0.514. The number of hydrogen-bond acceptors (Lipinski definition) is 3. The molecule has 0 saturated heterocycles. The average molecular weight is 812 g/mol. The van der Waals surface area contributed by atoms with Gasteiger partial charge < -0.3 is 4.90 Å². The van der Waals surface area contributed by atoms with Gasteiger partial charge in [0.25, 0.3) is 0 Å². The van der Waals surface area contributed by atoms with Gasteiger partial charge in [-0.1, -0.05) is 176 Å². The predicted octanol–water partition coefficient (Wildman–Crippen LogP) is 15.7. The highest BCUT2D eigenvalue weighted by Crippen LogP contribution is 2.71. The van der Waals surface area contributed by atoms with E-state index in [2.05, 4.69) is 229 Å². The van der Waals surface area contributed by atoms with Crippen LogP contribution in [0, 0.1) is 0 Å². The number of nitrogens with zero attached hydrogens (tertiary/aromatic N) is 1. The van der Waals surface area contributed by atoms with E-state index in [-0.39, 0.29) is 0 Å². The van der Waals surface area contributed by atoms with Gasteiger partial charge in [-0.15, -0.1) is 22.7 Å². The van der Waals surface area contributed by atoms with Crippen LogP contribution in [0.3, 0.4) is 0 Å². The molecule has 0 saturated carbocycles. The van der Waals surface area contributed by atoms with Crippen molar-refractivity contribution in [3.8, 4) is 43.1 Å². The molecule has 10 aromatic rings. The first-order valence-corrected chi connectivity index (χ1v) is 22.6. The Morgan fingerprint density at radius 2 is 0.623 bits per heavy atom. The highest BCUT2D eigenvalue weighted by atomic mass is 32.1. The van der Waals surface area contributed by atoms with E-state index in [1.54, 1.807) is 0 Å². The second-order valence-corrected chi connectivity index (χ2v) is 18.4. The molecule has 0 N–H and O–H groups in total.